The van der Waals surface area contributed by atoms with Crippen LogP contribution in [0.2, 0.25) is 0 Å². The molecule has 1 aliphatic heterocycles. The molecule has 1 aromatic rings. The van der Waals surface area contributed by atoms with E-state index in [4.69, 9.17) is 5.73 Å². The van der Waals surface area contributed by atoms with Gasteiger partial charge in [0.05, 0.1) is 12.1 Å². The maximum atomic E-state index is 12.4. The third-order valence-corrected chi connectivity index (χ3v) is 4.06. The van der Waals surface area contributed by atoms with Crippen LogP contribution in [0.1, 0.15) is 19.4 Å². The molecular formula is C15H22N4O2. The summed E-state index contributed by atoms with van der Waals surface area (Å²) >= 11 is 0. The lowest BCUT2D eigenvalue weighted by Crippen LogP contribution is -2.58. The first-order valence-electron chi connectivity index (χ1n) is 7.11. The molecule has 0 saturated carbocycles. The van der Waals surface area contributed by atoms with Crippen LogP contribution in [0.25, 0.3) is 0 Å². The Morgan fingerprint density at radius 1 is 1.52 bits per heavy atom. The molecule has 0 aromatic heterocycles. The first-order valence-corrected chi connectivity index (χ1v) is 7.11. The van der Waals surface area contributed by atoms with Gasteiger partial charge in [-0.05, 0) is 38.5 Å². The summed E-state index contributed by atoms with van der Waals surface area (Å²) in [4.78, 5) is 26.0. The highest BCUT2D eigenvalue weighted by molar-refractivity contribution is 5.96. The van der Waals surface area contributed by atoms with Crippen LogP contribution in [0.5, 0.6) is 0 Å². The van der Waals surface area contributed by atoms with Crippen molar-refractivity contribution >= 4 is 23.2 Å². The molecule has 1 heterocycles. The summed E-state index contributed by atoms with van der Waals surface area (Å²) in [6.07, 6.45) is 0. The molecule has 0 radical (unpaired) electrons. The van der Waals surface area contributed by atoms with Gasteiger partial charge in [-0.3, -0.25) is 14.5 Å². The molecule has 6 nitrogen and oxygen atoms in total. The number of anilines is 2. The zero-order valence-corrected chi connectivity index (χ0v) is 12.6. The number of benzene rings is 1. The van der Waals surface area contributed by atoms with Gasteiger partial charge in [0.1, 0.15) is 0 Å². The van der Waals surface area contributed by atoms with Gasteiger partial charge in [-0.15, -0.1) is 0 Å². The predicted octanol–water partition coefficient (Wildman–Crippen LogP) is 0.725. The van der Waals surface area contributed by atoms with Crippen molar-refractivity contribution in [2.45, 2.75) is 32.9 Å². The van der Waals surface area contributed by atoms with Gasteiger partial charge in [0.25, 0.3) is 0 Å². The highest BCUT2D eigenvalue weighted by Gasteiger charge is 2.32. The number of hydrogen-bond donors (Lipinski definition) is 3. The number of rotatable bonds is 3. The van der Waals surface area contributed by atoms with Gasteiger partial charge in [-0.1, -0.05) is 6.07 Å². The van der Waals surface area contributed by atoms with Crippen LogP contribution in [0, 0.1) is 6.92 Å². The molecule has 2 atom stereocenters. The molecule has 2 rings (SSSR count). The number of amides is 2. The second-order valence-corrected chi connectivity index (χ2v) is 5.39. The molecular weight excluding hydrogens is 268 g/mol. The minimum Gasteiger partial charge on any atom is -0.398 e. The molecule has 0 spiro atoms. The molecule has 1 fully saturated rings. The number of nitrogens with one attached hydrogen (secondary N) is 2. The van der Waals surface area contributed by atoms with Crippen LogP contribution in [-0.4, -0.2) is 41.9 Å². The zero-order chi connectivity index (χ0) is 15.6. The van der Waals surface area contributed by atoms with E-state index in [1.807, 2.05) is 31.7 Å². The van der Waals surface area contributed by atoms with Crippen LogP contribution in [0.4, 0.5) is 11.4 Å². The fourth-order valence-corrected chi connectivity index (χ4v) is 2.51. The Labute approximate surface area is 124 Å². The molecule has 21 heavy (non-hydrogen) atoms. The highest BCUT2D eigenvalue weighted by atomic mass is 16.2. The maximum absolute atomic E-state index is 12.4. The number of nitrogens with zero attached hydrogens (tertiary/aromatic N) is 1. The van der Waals surface area contributed by atoms with Crippen molar-refractivity contribution in [2.75, 3.05) is 24.1 Å². The Balaban J connectivity index is 2.09. The molecule has 6 heteroatoms. The molecule has 1 aromatic carbocycles. The van der Waals surface area contributed by atoms with Crippen LogP contribution in [0.15, 0.2) is 18.2 Å². The van der Waals surface area contributed by atoms with Crippen molar-refractivity contribution in [3.8, 4) is 0 Å². The minimum atomic E-state index is -0.383. The second-order valence-electron chi connectivity index (χ2n) is 5.39. The first kappa shape index (κ1) is 15.3. The van der Waals surface area contributed by atoms with Crippen molar-refractivity contribution in [1.82, 2.24) is 10.2 Å². The van der Waals surface area contributed by atoms with Crippen molar-refractivity contribution in [2.24, 2.45) is 0 Å². The van der Waals surface area contributed by atoms with Gasteiger partial charge in [0, 0.05) is 24.5 Å². The summed E-state index contributed by atoms with van der Waals surface area (Å²) in [6.45, 7) is 6.72. The number of carbonyl (C=O) groups excluding carboxylic acids is 2. The van der Waals surface area contributed by atoms with Crippen molar-refractivity contribution in [3.05, 3.63) is 23.8 Å². The molecule has 0 bridgehead atoms. The molecule has 0 aliphatic carbocycles. The average Bonchev–Trinajstić information content (AvgIpc) is 2.46. The van der Waals surface area contributed by atoms with E-state index >= 15 is 0 Å². The monoisotopic (exact) mass is 290 g/mol. The number of nitrogens with two attached hydrogens (primary N) is 1. The van der Waals surface area contributed by atoms with E-state index in [0.717, 1.165) is 5.56 Å². The number of carbonyl (C=O) groups is 2. The number of hydrogen-bond acceptors (Lipinski definition) is 4. The van der Waals surface area contributed by atoms with Gasteiger partial charge in [-0.2, -0.15) is 0 Å². The Bertz CT molecular complexity index is 559. The van der Waals surface area contributed by atoms with Gasteiger partial charge in [0.15, 0.2) is 0 Å². The fourth-order valence-electron chi connectivity index (χ4n) is 2.51. The highest BCUT2D eigenvalue weighted by Crippen LogP contribution is 2.21. The molecule has 114 valence electrons. The van der Waals surface area contributed by atoms with E-state index in [9.17, 15) is 9.59 Å². The Hall–Kier alpha value is -2.08. The van der Waals surface area contributed by atoms with Gasteiger partial charge in [0.2, 0.25) is 11.8 Å². The van der Waals surface area contributed by atoms with E-state index in [-0.39, 0.29) is 23.9 Å². The Kier molecular flexibility index (Phi) is 4.47. The van der Waals surface area contributed by atoms with Crippen molar-refractivity contribution in [1.29, 1.82) is 0 Å². The van der Waals surface area contributed by atoms with Crippen LogP contribution in [-0.2, 0) is 9.59 Å². The molecule has 1 aliphatic rings. The summed E-state index contributed by atoms with van der Waals surface area (Å²) in [5.41, 5.74) is 8.04. The lowest BCUT2D eigenvalue weighted by molar-refractivity contribution is -0.132. The Morgan fingerprint density at radius 2 is 2.24 bits per heavy atom. The second kappa shape index (κ2) is 6.13. The van der Waals surface area contributed by atoms with E-state index in [1.165, 1.54) is 0 Å². The SMILES string of the molecule is Cc1c(N)cccc1NC(=O)C(C)N1CCNC(=O)C1C. The standard InChI is InChI=1S/C15H22N4O2/c1-9-12(16)5-4-6-13(9)18-15(21)11(3)19-8-7-17-14(20)10(19)2/h4-6,10-11H,7-8,16H2,1-3H3,(H,17,20)(H,18,21). The topological polar surface area (TPSA) is 87.5 Å². The van der Waals surface area contributed by atoms with E-state index in [2.05, 4.69) is 10.6 Å². The maximum Gasteiger partial charge on any atom is 0.241 e. The van der Waals surface area contributed by atoms with Gasteiger partial charge < -0.3 is 16.4 Å². The Morgan fingerprint density at radius 3 is 2.95 bits per heavy atom. The van der Waals surface area contributed by atoms with E-state index in [0.29, 0.717) is 24.5 Å². The summed E-state index contributed by atoms with van der Waals surface area (Å²) in [6, 6.07) is 4.74. The third kappa shape index (κ3) is 3.16. The lowest BCUT2D eigenvalue weighted by atomic mass is 10.1. The quantitative estimate of drug-likeness (QED) is 0.716. The van der Waals surface area contributed by atoms with E-state index in [1.54, 1.807) is 12.1 Å². The average molecular weight is 290 g/mol. The third-order valence-electron chi connectivity index (χ3n) is 4.06. The predicted molar refractivity (Wildman–Crippen MR) is 82.9 cm³/mol. The smallest absolute Gasteiger partial charge is 0.241 e. The molecule has 2 unspecified atom stereocenters. The normalized spacial score (nSPS) is 20.7. The number of nitrogen functional groups attached to an aromatic ring is 1. The zero-order valence-electron chi connectivity index (χ0n) is 12.6. The molecule has 1 saturated heterocycles. The summed E-state index contributed by atoms with van der Waals surface area (Å²) in [5.74, 6) is -0.175. The van der Waals surface area contributed by atoms with Crippen LogP contribution >= 0.6 is 0 Å². The summed E-state index contributed by atoms with van der Waals surface area (Å²) in [5, 5.41) is 5.68. The first-order chi connectivity index (χ1) is 9.91. The summed E-state index contributed by atoms with van der Waals surface area (Å²) in [7, 11) is 0. The van der Waals surface area contributed by atoms with Crippen molar-refractivity contribution < 1.29 is 9.59 Å². The van der Waals surface area contributed by atoms with Gasteiger partial charge in [-0.25, -0.2) is 0 Å². The largest absolute Gasteiger partial charge is 0.398 e. The van der Waals surface area contributed by atoms with E-state index < -0.39 is 0 Å². The summed E-state index contributed by atoms with van der Waals surface area (Å²) < 4.78 is 0. The lowest BCUT2D eigenvalue weighted by Gasteiger charge is -2.36. The minimum absolute atomic E-state index is 0.0407. The van der Waals surface area contributed by atoms with Gasteiger partial charge >= 0.3 is 0 Å². The molecule has 4 N–H and O–H groups in total. The molecule has 2 amide bonds. The van der Waals surface area contributed by atoms with Crippen molar-refractivity contribution in [3.63, 3.8) is 0 Å². The fraction of sp³-hybridized carbons (Fsp3) is 0.467. The number of piperazine rings is 1. The van der Waals surface area contributed by atoms with Crippen LogP contribution in [0.3, 0.4) is 0 Å². The van der Waals surface area contributed by atoms with Crippen LogP contribution < -0.4 is 16.4 Å².